The van der Waals surface area contributed by atoms with Gasteiger partial charge in [0.15, 0.2) is 0 Å². The molecule has 1 aliphatic rings. The van der Waals surface area contributed by atoms with Crippen molar-refractivity contribution in [1.29, 1.82) is 0 Å². The maximum atomic E-state index is 12.5. The van der Waals surface area contributed by atoms with Crippen LogP contribution in [0.4, 0.5) is 0 Å². The number of sulfonamides is 1. The Morgan fingerprint density at radius 1 is 1.16 bits per heavy atom. The van der Waals surface area contributed by atoms with Crippen LogP contribution in [0.5, 0.6) is 0 Å². The second kappa shape index (κ2) is 9.28. The molecule has 0 spiro atoms. The summed E-state index contributed by atoms with van der Waals surface area (Å²) in [5.41, 5.74) is 0.348. The molecule has 0 atom stereocenters. The molecule has 1 saturated heterocycles. The monoisotopic (exact) mass is 370 g/mol. The first-order valence-electron chi connectivity index (χ1n) is 8.56. The molecule has 7 nitrogen and oxygen atoms in total. The second-order valence-electron chi connectivity index (χ2n) is 5.70. The third-order valence-electron chi connectivity index (χ3n) is 4.23. The molecule has 0 amide bonds. The van der Waals surface area contributed by atoms with Crippen molar-refractivity contribution in [1.82, 2.24) is 9.21 Å². The molecule has 0 aromatic heterocycles. The smallest absolute Gasteiger partial charge is 0.338 e. The second-order valence-corrected chi connectivity index (χ2v) is 7.64. The van der Waals surface area contributed by atoms with E-state index in [1.807, 2.05) is 0 Å². The molecule has 0 unspecified atom stereocenters. The number of carbonyl (C=O) groups excluding carboxylic acids is 1. The van der Waals surface area contributed by atoms with Crippen molar-refractivity contribution in [3.8, 4) is 0 Å². The fourth-order valence-electron chi connectivity index (χ4n) is 2.59. The zero-order valence-corrected chi connectivity index (χ0v) is 15.6. The van der Waals surface area contributed by atoms with Crippen molar-refractivity contribution < 1.29 is 22.7 Å². The lowest BCUT2D eigenvalue weighted by Gasteiger charge is -2.26. The molecule has 1 aromatic rings. The van der Waals surface area contributed by atoms with Gasteiger partial charge in [0, 0.05) is 19.6 Å². The Labute approximate surface area is 149 Å². The third kappa shape index (κ3) is 5.24. The summed E-state index contributed by atoms with van der Waals surface area (Å²) in [7, 11) is -3.54. The molecule has 1 heterocycles. The number of carbonyl (C=O) groups is 1. The quantitative estimate of drug-likeness (QED) is 0.640. The predicted octanol–water partition coefficient (Wildman–Crippen LogP) is 1.21. The summed E-state index contributed by atoms with van der Waals surface area (Å²) >= 11 is 0. The van der Waals surface area contributed by atoms with E-state index in [2.05, 4.69) is 18.7 Å². The van der Waals surface area contributed by atoms with Crippen LogP contribution in [0.1, 0.15) is 24.2 Å². The average molecular weight is 370 g/mol. The van der Waals surface area contributed by atoms with Crippen LogP contribution in [-0.2, 0) is 19.5 Å². The lowest BCUT2D eigenvalue weighted by molar-refractivity contribution is 0.0466. The van der Waals surface area contributed by atoms with E-state index in [0.717, 1.165) is 13.1 Å². The number of hydrogen-bond acceptors (Lipinski definition) is 6. The lowest BCUT2D eigenvalue weighted by Crippen LogP contribution is -2.40. The summed E-state index contributed by atoms with van der Waals surface area (Å²) < 4.78 is 36.9. The van der Waals surface area contributed by atoms with E-state index >= 15 is 0 Å². The summed E-state index contributed by atoms with van der Waals surface area (Å²) in [6, 6.07) is 5.89. The third-order valence-corrected chi connectivity index (χ3v) is 6.15. The van der Waals surface area contributed by atoms with E-state index in [-0.39, 0.29) is 4.90 Å². The molecule has 2 rings (SSSR count). The van der Waals surface area contributed by atoms with Crippen molar-refractivity contribution in [2.75, 3.05) is 52.5 Å². The Morgan fingerprint density at radius 3 is 2.32 bits per heavy atom. The van der Waals surface area contributed by atoms with Crippen LogP contribution < -0.4 is 0 Å². The molecule has 0 saturated carbocycles. The highest BCUT2D eigenvalue weighted by Gasteiger charge is 2.26. The first-order chi connectivity index (χ1) is 12.0. The maximum absolute atomic E-state index is 12.5. The first kappa shape index (κ1) is 19.8. The number of likely N-dealkylation sites (N-methyl/N-ethyl adjacent to an activating group) is 1. The van der Waals surface area contributed by atoms with E-state index in [0.29, 0.717) is 45.0 Å². The number of nitrogens with zero attached hydrogens (tertiary/aromatic N) is 2. The van der Waals surface area contributed by atoms with Crippen LogP contribution in [0.15, 0.2) is 29.2 Å². The topological polar surface area (TPSA) is 76.2 Å². The summed E-state index contributed by atoms with van der Waals surface area (Å²) in [4.78, 5) is 14.4. The standard InChI is InChI=1S/C17H26N2O5S/c1-3-18(4-2)9-14-24-17(20)15-5-7-16(8-6-15)25(21,22)19-10-12-23-13-11-19/h5-8H,3-4,9-14H2,1-2H3. The molecule has 1 fully saturated rings. The summed E-state index contributed by atoms with van der Waals surface area (Å²) in [6.45, 7) is 8.40. The normalized spacial score (nSPS) is 16.1. The zero-order chi connectivity index (χ0) is 18.3. The number of hydrogen-bond donors (Lipinski definition) is 0. The van der Waals surface area contributed by atoms with Gasteiger partial charge in [0.2, 0.25) is 10.0 Å². The van der Waals surface area contributed by atoms with E-state index in [1.165, 1.54) is 28.6 Å². The maximum Gasteiger partial charge on any atom is 0.338 e. The highest BCUT2D eigenvalue weighted by Crippen LogP contribution is 2.18. The zero-order valence-electron chi connectivity index (χ0n) is 14.8. The van der Waals surface area contributed by atoms with Gasteiger partial charge in [-0.3, -0.25) is 0 Å². The predicted molar refractivity (Wildman–Crippen MR) is 94.1 cm³/mol. The highest BCUT2D eigenvalue weighted by atomic mass is 32.2. The minimum absolute atomic E-state index is 0.175. The Balaban J connectivity index is 1.95. The molecule has 1 aromatic carbocycles. The van der Waals surface area contributed by atoms with Gasteiger partial charge in [-0.15, -0.1) is 0 Å². The van der Waals surface area contributed by atoms with Gasteiger partial charge in [-0.1, -0.05) is 13.8 Å². The lowest BCUT2D eigenvalue weighted by atomic mass is 10.2. The first-order valence-corrected chi connectivity index (χ1v) is 10.0. The summed E-state index contributed by atoms with van der Waals surface area (Å²) in [5.74, 6) is -0.442. The molecule has 0 aliphatic carbocycles. The molecule has 140 valence electrons. The van der Waals surface area contributed by atoms with Gasteiger partial charge in [0.1, 0.15) is 6.61 Å². The molecule has 0 bridgehead atoms. The van der Waals surface area contributed by atoms with Gasteiger partial charge >= 0.3 is 5.97 Å². The van der Waals surface area contributed by atoms with Crippen LogP contribution in [0.25, 0.3) is 0 Å². The summed E-state index contributed by atoms with van der Waals surface area (Å²) in [6.07, 6.45) is 0. The van der Waals surface area contributed by atoms with Crippen LogP contribution >= 0.6 is 0 Å². The van der Waals surface area contributed by atoms with Crippen LogP contribution in [0, 0.1) is 0 Å². The fraction of sp³-hybridized carbons (Fsp3) is 0.588. The largest absolute Gasteiger partial charge is 0.461 e. The van der Waals surface area contributed by atoms with Crippen molar-refractivity contribution in [2.24, 2.45) is 0 Å². The van der Waals surface area contributed by atoms with E-state index in [1.54, 1.807) is 0 Å². The number of esters is 1. The minimum Gasteiger partial charge on any atom is -0.461 e. The highest BCUT2D eigenvalue weighted by molar-refractivity contribution is 7.89. The molecule has 25 heavy (non-hydrogen) atoms. The number of benzene rings is 1. The number of rotatable bonds is 8. The van der Waals surface area contributed by atoms with Gasteiger partial charge in [-0.25, -0.2) is 13.2 Å². The van der Waals surface area contributed by atoms with Gasteiger partial charge in [0.05, 0.1) is 23.7 Å². The molecule has 8 heteroatoms. The molecular formula is C17H26N2O5S. The van der Waals surface area contributed by atoms with Crippen molar-refractivity contribution in [3.05, 3.63) is 29.8 Å². The van der Waals surface area contributed by atoms with E-state index in [9.17, 15) is 13.2 Å². The van der Waals surface area contributed by atoms with Crippen LogP contribution in [0.2, 0.25) is 0 Å². The van der Waals surface area contributed by atoms with Crippen molar-refractivity contribution in [2.45, 2.75) is 18.7 Å². The van der Waals surface area contributed by atoms with Crippen LogP contribution in [0.3, 0.4) is 0 Å². The van der Waals surface area contributed by atoms with Gasteiger partial charge in [0.25, 0.3) is 0 Å². The molecule has 0 N–H and O–H groups in total. The average Bonchev–Trinajstić information content (AvgIpc) is 2.66. The molecular weight excluding hydrogens is 344 g/mol. The Hall–Kier alpha value is -1.48. The summed E-state index contributed by atoms with van der Waals surface area (Å²) in [5, 5.41) is 0. The van der Waals surface area contributed by atoms with Gasteiger partial charge < -0.3 is 14.4 Å². The molecule has 1 aliphatic heterocycles. The Morgan fingerprint density at radius 2 is 1.76 bits per heavy atom. The van der Waals surface area contributed by atoms with Crippen molar-refractivity contribution >= 4 is 16.0 Å². The Kier molecular flexibility index (Phi) is 7.37. The Bertz CT molecular complexity index is 650. The number of ether oxygens (including phenoxy) is 2. The number of morpholine rings is 1. The van der Waals surface area contributed by atoms with E-state index < -0.39 is 16.0 Å². The van der Waals surface area contributed by atoms with Gasteiger partial charge in [-0.2, -0.15) is 4.31 Å². The van der Waals surface area contributed by atoms with Crippen LogP contribution in [-0.4, -0.2) is 76.1 Å². The van der Waals surface area contributed by atoms with Gasteiger partial charge in [-0.05, 0) is 37.4 Å². The van der Waals surface area contributed by atoms with Crippen molar-refractivity contribution in [3.63, 3.8) is 0 Å². The van der Waals surface area contributed by atoms with E-state index in [4.69, 9.17) is 9.47 Å². The molecule has 0 radical (unpaired) electrons. The minimum atomic E-state index is -3.54. The fourth-order valence-corrected chi connectivity index (χ4v) is 4.00. The SMILES string of the molecule is CCN(CC)CCOC(=O)c1ccc(S(=O)(=O)N2CCOCC2)cc1.